The minimum atomic E-state index is -0.594. The second-order valence-electron chi connectivity index (χ2n) is 6.72. The molecule has 0 radical (unpaired) electrons. The minimum Gasteiger partial charge on any atom is -0.481 e. The summed E-state index contributed by atoms with van der Waals surface area (Å²) in [6.45, 7) is 8.05. The Morgan fingerprint density at radius 1 is 1.21 bits per heavy atom. The quantitative estimate of drug-likeness (QED) is 0.734. The van der Waals surface area contributed by atoms with Crippen LogP contribution in [0.5, 0.6) is 0 Å². The second kappa shape index (κ2) is 7.25. The first-order valence-corrected chi connectivity index (χ1v) is 7.46. The first kappa shape index (κ1) is 16.4. The normalized spacial score (nSPS) is 18.7. The molecule has 0 atom stereocenters. The molecule has 0 aromatic rings. The van der Waals surface area contributed by atoms with Gasteiger partial charge in [0.2, 0.25) is 0 Å². The Morgan fingerprint density at radius 3 is 2.21 bits per heavy atom. The summed E-state index contributed by atoms with van der Waals surface area (Å²) in [4.78, 5) is 16.2. The van der Waals surface area contributed by atoms with Gasteiger partial charge in [-0.3, -0.25) is 4.79 Å². The van der Waals surface area contributed by atoms with E-state index >= 15 is 0 Å². The molecule has 1 N–H and O–H groups in total. The SMILES string of the molecule is CC(C)CN(CCN(C)C)CC1(C(=O)O)CCCC1. The summed E-state index contributed by atoms with van der Waals surface area (Å²) in [6, 6.07) is 0. The van der Waals surface area contributed by atoms with Crippen molar-refractivity contribution in [1.82, 2.24) is 9.80 Å². The van der Waals surface area contributed by atoms with E-state index in [0.717, 1.165) is 45.3 Å². The summed E-state index contributed by atoms with van der Waals surface area (Å²) in [5.41, 5.74) is -0.485. The van der Waals surface area contributed by atoms with E-state index in [2.05, 4.69) is 37.7 Å². The van der Waals surface area contributed by atoms with Crippen molar-refractivity contribution in [3.05, 3.63) is 0 Å². The lowest BCUT2D eigenvalue weighted by Gasteiger charge is -2.33. The molecule has 0 saturated heterocycles. The van der Waals surface area contributed by atoms with Gasteiger partial charge in [-0.15, -0.1) is 0 Å². The molecule has 4 heteroatoms. The van der Waals surface area contributed by atoms with Gasteiger partial charge >= 0.3 is 5.97 Å². The first-order chi connectivity index (χ1) is 8.85. The van der Waals surface area contributed by atoms with Crippen LogP contribution in [0, 0.1) is 11.3 Å². The molecular weight excluding hydrogens is 240 g/mol. The molecule has 1 rings (SSSR count). The molecule has 0 aliphatic heterocycles. The van der Waals surface area contributed by atoms with Crippen molar-refractivity contribution in [2.24, 2.45) is 11.3 Å². The predicted molar refractivity (Wildman–Crippen MR) is 78.4 cm³/mol. The maximum atomic E-state index is 11.6. The zero-order valence-electron chi connectivity index (χ0n) is 13.0. The third kappa shape index (κ3) is 5.11. The summed E-state index contributed by atoms with van der Waals surface area (Å²) < 4.78 is 0. The van der Waals surface area contributed by atoms with Crippen LogP contribution in [-0.2, 0) is 4.79 Å². The first-order valence-electron chi connectivity index (χ1n) is 7.46. The molecule has 1 aliphatic carbocycles. The van der Waals surface area contributed by atoms with Gasteiger partial charge < -0.3 is 14.9 Å². The number of carboxylic acids is 1. The van der Waals surface area contributed by atoms with Gasteiger partial charge in [0.25, 0.3) is 0 Å². The highest BCUT2D eigenvalue weighted by molar-refractivity contribution is 5.75. The summed E-state index contributed by atoms with van der Waals surface area (Å²) in [5.74, 6) is -0.0157. The van der Waals surface area contributed by atoms with Crippen molar-refractivity contribution in [1.29, 1.82) is 0 Å². The van der Waals surface area contributed by atoms with Crippen molar-refractivity contribution in [2.75, 3.05) is 40.3 Å². The molecule has 0 bridgehead atoms. The fraction of sp³-hybridized carbons (Fsp3) is 0.933. The predicted octanol–water partition coefficient (Wildman–Crippen LogP) is 2.15. The highest BCUT2D eigenvalue weighted by atomic mass is 16.4. The summed E-state index contributed by atoms with van der Waals surface area (Å²) in [7, 11) is 4.13. The number of carboxylic acid groups (broad SMARTS) is 1. The number of hydrogen-bond donors (Lipinski definition) is 1. The number of likely N-dealkylation sites (N-methyl/N-ethyl adjacent to an activating group) is 1. The molecule has 1 fully saturated rings. The lowest BCUT2D eigenvalue weighted by atomic mass is 9.85. The van der Waals surface area contributed by atoms with Gasteiger partial charge in [0.05, 0.1) is 5.41 Å². The van der Waals surface area contributed by atoms with Crippen LogP contribution < -0.4 is 0 Å². The summed E-state index contributed by atoms with van der Waals surface area (Å²) in [6.07, 6.45) is 3.82. The van der Waals surface area contributed by atoms with E-state index in [-0.39, 0.29) is 0 Å². The maximum Gasteiger partial charge on any atom is 0.310 e. The van der Waals surface area contributed by atoms with E-state index in [1.807, 2.05) is 0 Å². The molecule has 0 spiro atoms. The molecule has 0 aromatic carbocycles. The third-order valence-corrected chi connectivity index (χ3v) is 4.03. The zero-order chi connectivity index (χ0) is 14.5. The second-order valence-corrected chi connectivity index (χ2v) is 6.72. The van der Waals surface area contributed by atoms with E-state index in [9.17, 15) is 9.90 Å². The molecule has 0 amide bonds. The largest absolute Gasteiger partial charge is 0.481 e. The maximum absolute atomic E-state index is 11.6. The molecule has 1 aliphatic rings. The molecule has 112 valence electrons. The minimum absolute atomic E-state index is 0.485. The fourth-order valence-electron chi connectivity index (χ4n) is 3.01. The number of carbonyl (C=O) groups is 1. The van der Waals surface area contributed by atoms with Gasteiger partial charge in [0.15, 0.2) is 0 Å². The standard InChI is InChI=1S/C15H30N2O2/c1-13(2)11-17(10-9-16(3)4)12-15(14(18)19)7-5-6-8-15/h13H,5-12H2,1-4H3,(H,18,19). The van der Waals surface area contributed by atoms with E-state index in [0.29, 0.717) is 12.5 Å². The molecular formula is C15H30N2O2. The molecule has 4 nitrogen and oxygen atoms in total. The number of rotatable bonds is 8. The summed E-state index contributed by atoms with van der Waals surface area (Å²) >= 11 is 0. The van der Waals surface area contributed by atoms with Crippen molar-refractivity contribution >= 4 is 5.97 Å². The Hall–Kier alpha value is -0.610. The Labute approximate surface area is 117 Å². The molecule has 1 saturated carbocycles. The van der Waals surface area contributed by atoms with Crippen LogP contribution in [0.15, 0.2) is 0 Å². The van der Waals surface area contributed by atoms with Crippen LogP contribution in [0.25, 0.3) is 0 Å². The zero-order valence-corrected chi connectivity index (χ0v) is 13.0. The van der Waals surface area contributed by atoms with Crippen molar-refractivity contribution in [3.8, 4) is 0 Å². The average Bonchev–Trinajstić information content (AvgIpc) is 2.75. The lowest BCUT2D eigenvalue weighted by molar-refractivity contribution is -0.150. The van der Waals surface area contributed by atoms with Crippen molar-refractivity contribution < 1.29 is 9.90 Å². The fourth-order valence-corrected chi connectivity index (χ4v) is 3.01. The molecule has 19 heavy (non-hydrogen) atoms. The molecule has 0 unspecified atom stereocenters. The number of nitrogens with zero attached hydrogens (tertiary/aromatic N) is 2. The van der Waals surface area contributed by atoms with Gasteiger partial charge in [-0.1, -0.05) is 26.7 Å². The van der Waals surface area contributed by atoms with Crippen LogP contribution in [-0.4, -0.2) is 61.2 Å². The van der Waals surface area contributed by atoms with Crippen molar-refractivity contribution in [3.63, 3.8) is 0 Å². The van der Waals surface area contributed by atoms with E-state index < -0.39 is 11.4 Å². The highest BCUT2D eigenvalue weighted by Crippen LogP contribution is 2.39. The Morgan fingerprint density at radius 2 is 1.79 bits per heavy atom. The van der Waals surface area contributed by atoms with Gasteiger partial charge in [-0.25, -0.2) is 0 Å². The smallest absolute Gasteiger partial charge is 0.310 e. The highest BCUT2D eigenvalue weighted by Gasteiger charge is 2.42. The van der Waals surface area contributed by atoms with Crippen LogP contribution >= 0.6 is 0 Å². The molecule has 0 aromatic heterocycles. The van der Waals surface area contributed by atoms with Crippen LogP contribution in [0.1, 0.15) is 39.5 Å². The Balaban J connectivity index is 2.65. The van der Waals surface area contributed by atoms with E-state index in [1.165, 1.54) is 0 Å². The third-order valence-electron chi connectivity index (χ3n) is 4.03. The van der Waals surface area contributed by atoms with Crippen LogP contribution in [0.2, 0.25) is 0 Å². The Kier molecular flexibility index (Phi) is 6.27. The average molecular weight is 270 g/mol. The van der Waals surface area contributed by atoms with Crippen LogP contribution in [0.4, 0.5) is 0 Å². The van der Waals surface area contributed by atoms with Gasteiger partial charge in [-0.2, -0.15) is 0 Å². The van der Waals surface area contributed by atoms with Gasteiger partial charge in [0, 0.05) is 26.2 Å². The topological polar surface area (TPSA) is 43.8 Å². The molecule has 0 heterocycles. The van der Waals surface area contributed by atoms with Gasteiger partial charge in [-0.05, 0) is 32.9 Å². The van der Waals surface area contributed by atoms with E-state index in [4.69, 9.17) is 0 Å². The van der Waals surface area contributed by atoms with E-state index in [1.54, 1.807) is 0 Å². The van der Waals surface area contributed by atoms with Crippen molar-refractivity contribution in [2.45, 2.75) is 39.5 Å². The monoisotopic (exact) mass is 270 g/mol. The summed E-state index contributed by atoms with van der Waals surface area (Å²) in [5, 5.41) is 9.59. The number of aliphatic carboxylic acids is 1. The number of hydrogen-bond acceptors (Lipinski definition) is 3. The lowest BCUT2D eigenvalue weighted by Crippen LogP contribution is -2.45. The van der Waals surface area contributed by atoms with Crippen LogP contribution in [0.3, 0.4) is 0 Å². The Bertz CT molecular complexity index is 284. The van der Waals surface area contributed by atoms with Gasteiger partial charge in [0.1, 0.15) is 0 Å².